The minimum atomic E-state index is -1.01. The van der Waals surface area contributed by atoms with Crippen molar-refractivity contribution in [3.05, 3.63) is 59.2 Å². The monoisotopic (exact) mass is 286 g/mol. The second kappa shape index (κ2) is 6.79. The molecule has 110 valence electrons. The van der Waals surface area contributed by atoms with Gasteiger partial charge in [-0.15, -0.1) is 0 Å². The highest BCUT2D eigenvalue weighted by Gasteiger charge is 2.11. The average molecular weight is 286 g/mol. The van der Waals surface area contributed by atoms with Crippen LogP contribution >= 0.6 is 0 Å². The first-order chi connectivity index (χ1) is 10.1. The molecule has 4 nitrogen and oxygen atoms in total. The molecule has 0 aromatic heterocycles. The van der Waals surface area contributed by atoms with Crippen molar-refractivity contribution in [2.75, 3.05) is 7.11 Å². The number of ether oxygens (including phenoxy) is 2. The van der Waals surface area contributed by atoms with Gasteiger partial charge in [-0.3, -0.25) is 0 Å². The van der Waals surface area contributed by atoms with Crippen molar-refractivity contribution in [1.82, 2.24) is 0 Å². The molecule has 0 bridgehead atoms. The molecule has 0 atom stereocenters. The smallest absolute Gasteiger partial charge is 0.339 e. The number of hydrogen-bond donors (Lipinski definition) is 1. The highest BCUT2D eigenvalue weighted by atomic mass is 16.5. The summed E-state index contributed by atoms with van der Waals surface area (Å²) in [7, 11) is 1.45. The molecule has 2 rings (SSSR count). The van der Waals surface area contributed by atoms with Crippen molar-refractivity contribution in [3.8, 4) is 11.5 Å². The summed E-state index contributed by atoms with van der Waals surface area (Å²) in [5, 5.41) is 9.03. The highest BCUT2D eigenvalue weighted by molar-refractivity contribution is 5.90. The predicted molar refractivity (Wildman–Crippen MR) is 80.1 cm³/mol. The second-order valence-electron chi connectivity index (χ2n) is 4.63. The Kier molecular flexibility index (Phi) is 4.82. The normalized spacial score (nSPS) is 10.2. The van der Waals surface area contributed by atoms with E-state index < -0.39 is 5.97 Å². The van der Waals surface area contributed by atoms with Crippen LogP contribution in [0.5, 0.6) is 11.5 Å². The lowest BCUT2D eigenvalue weighted by molar-refractivity contribution is 0.0693. The standard InChI is InChI=1S/C17H18O4/c1-3-12-4-7-14(8-5-12)21-11-13-6-9-15(17(18)19)16(10-13)20-2/h4-10H,3,11H2,1-2H3,(H,18,19). The maximum Gasteiger partial charge on any atom is 0.339 e. The van der Waals surface area contributed by atoms with Gasteiger partial charge in [0.05, 0.1) is 7.11 Å². The largest absolute Gasteiger partial charge is 0.496 e. The Hall–Kier alpha value is -2.49. The van der Waals surface area contributed by atoms with Crippen LogP contribution in [-0.2, 0) is 13.0 Å². The Bertz CT molecular complexity index is 617. The van der Waals surface area contributed by atoms with E-state index in [4.69, 9.17) is 14.6 Å². The number of hydrogen-bond acceptors (Lipinski definition) is 3. The van der Waals surface area contributed by atoms with Crippen LogP contribution in [0, 0.1) is 0 Å². The van der Waals surface area contributed by atoms with Crippen LogP contribution in [0.1, 0.15) is 28.4 Å². The number of benzene rings is 2. The van der Waals surface area contributed by atoms with E-state index in [1.165, 1.54) is 18.7 Å². The summed E-state index contributed by atoms with van der Waals surface area (Å²) in [5.41, 5.74) is 2.26. The molecule has 0 unspecified atom stereocenters. The number of aryl methyl sites for hydroxylation is 1. The van der Waals surface area contributed by atoms with Crippen LogP contribution in [0.4, 0.5) is 0 Å². The van der Waals surface area contributed by atoms with E-state index >= 15 is 0 Å². The summed E-state index contributed by atoms with van der Waals surface area (Å²) < 4.78 is 10.8. The van der Waals surface area contributed by atoms with Gasteiger partial charge in [0.15, 0.2) is 0 Å². The summed E-state index contributed by atoms with van der Waals surface area (Å²) in [6, 6.07) is 12.9. The van der Waals surface area contributed by atoms with Crippen LogP contribution in [-0.4, -0.2) is 18.2 Å². The van der Waals surface area contributed by atoms with Gasteiger partial charge in [-0.05, 0) is 41.8 Å². The van der Waals surface area contributed by atoms with Crippen LogP contribution in [0.3, 0.4) is 0 Å². The van der Waals surface area contributed by atoms with E-state index in [9.17, 15) is 4.79 Å². The van der Waals surface area contributed by atoms with Gasteiger partial charge in [0, 0.05) is 0 Å². The molecule has 2 aromatic carbocycles. The molecule has 0 amide bonds. The van der Waals surface area contributed by atoms with E-state index in [1.807, 2.05) is 24.3 Å². The quantitative estimate of drug-likeness (QED) is 0.882. The summed E-state index contributed by atoms with van der Waals surface area (Å²) in [5.74, 6) is 0.118. The van der Waals surface area contributed by atoms with Gasteiger partial charge in [0.25, 0.3) is 0 Å². The molecular weight excluding hydrogens is 268 g/mol. The van der Waals surface area contributed by atoms with Gasteiger partial charge in [-0.1, -0.05) is 25.1 Å². The molecule has 0 saturated carbocycles. The van der Waals surface area contributed by atoms with E-state index in [0.717, 1.165) is 17.7 Å². The minimum Gasteiger partial charge on any atom is -0.496 e. The Morgan fingerprint density at radius 1 is 1.10 bits per heavy atom. The molecule has 0 saturated heterocycles. The van der Waals surface area contributed by atoms with Crippen molar-refractivity contribution in [1.29, 1.82) is 0 Å². The third-order valence-corrected chi connectivity index (χ3v) is 3.23. The Balaban J connectivity index is 2.07. The molecule has 0 spiro atoms. The van der Waals surface area contributed by atoms with Gasteiger partial charge in [-0.2, -0.15) is 0 Å². The number of carbonyl (C=O) groups is 1. The first kappa shape index (κ1) is 14.9. The van der Waals surface area contributed by atoms with Gasteiger partial charge in [0.2, 0.25) is 0 Å². The first-order valence-corrected chi connectivity index (χ1v) is 6.76. The maximum absolute atomic E-state index is 11.0. The summed E-state index contributed by atoms with van der Waals surface area (Å²) >= 11 is 0. The molecule has 0 radical (unpaired) electrons. The molecule has 1 N–H and O–H groups in total. The van der Waals surface area contributed by atoms with Gasteiger partial charge in [0.1, 0.15) is 23.7 Å². The Morgan fingerprint density at radius 2 is 1.76 bits per heavy atom. The summed E-state index contributed by atoms with van der Waals surface area (Å²) in [4.78, 5) is 11.0. The fourth-order valence-electron chi connectivity index (χ4n) is 1.99. The van der Waals surface area contributed by atoms with Crippen LogP contribution in [0.25, 0.3) is 0 Å². The molecule has 0 fully saturated rings. The topological polar surface area (TPSA) is 55.8 Å². The number of methoxy groups -OCH3 is 1. The summed E-state index contributed by atoms with van der Waals surface area (Å²) in [6.45, 7) is 2.47. The second-order valence-corrected chi connectivity index (χ2v) is 4.63. The van der Waals surface area contributed by atoms with Crippen molar-refractivity contribution in [3.63, 3.8) is 0 Å². The van der Waals surface area contributed by atoms with Gasteiger partial charge >= 0.3 is 5.97 Å². The maximum atomic E-state index is 11.0. The molecule has 21 heavy (non-hydrogen) atoms. The molecule has 0 aliphatic carbocycles. The van der Waals surface area contributed by atoms with Gasteiger partial charge < -0.3 is 14.6 Å². The van der Waals surface area contributed by atoms with Crippen LogP contribution in [0.15, 0.2) is 42.5 Å². The highest BCUT2D eigenvalue weighted by Crippen LogP contribution is 2.21. The summed E-state index contributed by atoms with van der Waals surface area (Å²) in [6.07, 6.45) is 0.994. The van der Waals surface area contributed by atoms with Crippen molar-refractivity contribution < 1.29 is 19.4 Å². The zero-order chi connectivity index (χ0) is 15.2. The van der Waals surface area contributed by atoms with E-state index in [2.05, 4.69) is 6.92 Å². The average Bonchev–Trinajstić information content (AvgIpc) is 2.52. The number of carboxylic acid groups (broad SMARTS) is 1. The molecule has 0 heterocycles. The van der Waals surface area contributed by atoms with Crippen molar-refractivity contribution >= 4 is 5.97 Å². The molecule has 0 aliphatic heterocycles. The molecule has 2 aromatic rings. The van der Waals surface area contributed by atoms with E-state index in [-0.39, 0.29) is 5.56 Å². The number of carboxylic acids is 1. The lowest BCUT2D eigenvalue weighted by Crippen LogP contribution is -2.02. The van der Waals surface area contributed by atoms with Crippen LogP contribution < -0.4 is 9.47 Å². The van der Waals surface area contributed by atoms with E-state index in [1.54, 1.807) is 12.1 Å². The SMILES string of the molecule is CCc1ccc(OCc2ccc(C(=O)O)c(OC)c2)cc1. The third kappa shape index (κ3) is 3.75. The van der Waals surface area contributed by atoms with Crippen molar-refractivity contribution in [2.24, 2.45) is 0 Å². The number of aromatic carboxylic acids is 1. The number of rotatable bonds is 6. The molecule has 4 heteroatoms. The van der Waals surface area contributed by atoms with Crippen LogP contribution in [0.2, 0.25) is 0 Å². The minimum absolute atomic E-state index is 0.147. The Morgan fingerprint density at radius 3 is 2.33 bits per heavy atom. The molecule has 0 aliphatic rings. The Labute approximate surface area is 123 Å². The lowest BCUT2D eigenvalue weighted by atomic mass is 10.1. The zero-order valence-electron chi connectivity index (χ0n) is 12.1. The van der Waals surface area contributed by atoms with Gasteiger partial charge in [-0.25, -0.2) is 4.79 Å². The lowest BCUT2D eigenvalue weighted by Gasteiger charge is -2.10. The zero-order valence-corrected chi connectivity index (χ0v) is 12.1. The third-order valence-electron chi connectivity index (χ3n) is 3.23. The van der Waals surface area contributed by atoms with E-state index in [0.29, 0.717) is 12.4 Å². The predicted octanol–water partition coefficient (Wildman–Crippen LogP) is 3.53. The first-order valence-electron chi connectivity index (χ1n) is 6.76. The fourth-order valence-corrected chi connectivity index (χ4v) is 1.99. The fraction of sp³-hybridized carbons (Fsp3) is 0.235. The van der Waals surface area contributed by atoms with Crippen molar-refractivity contribution in [2.45, 2.75) is 20.0 Å². The molecular formula is C17H18O4.